The monoisotopic (exact) mass is 401 g/mol. The highest BCUT2D eigenvalue weighted by molar-refractivity contribution is 7.86. The van der Waals surface area contributed by atoms with Crippen molar-refractivity contribution in [1.29, 1.82) is 0 Å². The number of ether oxygens (including phenoxy) is 1. The fourth-order valence-electron chi connectivity index (χ4n) is 3.46. The molecular weight excluding hydrogens is 382 g/mol. The zero-order valence-corrected chi connectivity index (χ0v) is 16.4. The van der Waals surface area contributed by atoms with Gasteiger partial charge in [0.05, 0.1) is 35.9 Å². The van der Waals surface area contributed by atoms with E-state index in [4.69, 9.17) is 8.92 Å². The number of aromatic nitrogens is 2. The van der Waals surface area contributed by atoms with Gasteiger partial charge >= 0.3 is 10.1 Å². The van der Waals surface area contributed by atoms with Gasteiger partial charge in [-0.05, 0) is 36.2 Å². The Morgan fingerprint density at radius 3 is 2.68 bits per heavy atom. The van der Waals surface area contributed by atoms with Crippen LogP contribution in [-0.2, 0) is 14.9 Å². The molecule has 1 unspecified atom stereocenters. The third kappa shape index (κ3) is 3.18. The van der Waals surface area contributed by atoms with Crippen LogP contribution in [0.5, 0.6) is 11.5 Å². The fraction of sp³-hybridized carbons (Fsp3) is 0.263. The number of nitrogens with one attached hydrogen (secondary N) is 2. The number of methoxy groups -OCH3 is 1. The third-order valence-electron chi connectivity index (χ3n) is 4.69. The Bertz CT molecular complexity index is 1200. The molecule has 0 saturated carbocycles. The van der Waals surface area contributed by atoms with E-state index in [1.165, 1.54) is 13.2 Å². The third-order valence-corrected chi connectivity index (χ3v) is 5.18. The molecule has 2 heterocycles. The summed E-state index contributed by atoms with van der Waals surface area (Å²) in [4.78, 5) is 19.9. The SMILES string of the molecule is CCC1C(=O)Nc2cc3[nH]c(-c4ccc(OS(C)(=O)=O)cc4OC)nc3cc21. The minimum Gasteiger partial charge on any atom is -0.496 e. The van der Waals surface area contributed by atoms with Crippen LogP contribution in [0.15, 0.2) is 30.3 Å². The van der Waals surface area contributed by atoms with Crippen molar-refractivity contribution in [3.05, 3.63) is 35.9 Å². The van der Waals surface area contributed by atoms with Crippen LogP contribution < -0.4 is 14.2 Å². The summed E-state index contributed by atoms with van der Waals surface area (Å²) in [5, 5.41) is 2.91. The number of carbonyl (C=O) groups excluding carboxylic acids is 1. The molecule has 2 N–H and O–H groups in total. The lowest BCUT2D eigenvalue weighted by molar-refractivity contribution is -0.117. The van der Waals surface area contributed by atoms with Crippen molar-refractivity contribution in [3.63, 3.8) is 0 Å². The van der Waals surface area contributed by atoms with Gasteiger partial charge in [-0.3, -0.25) is 4.79 Å². The number of hydrogen-bond donors (Lipinski definition) is 2. The highest BCUT2D eigenvalue weighted by Gasteiger charge is 2.30. The number of aromatic amines is 1. The van der Waals surface area contributed by atoms with Crippen molar-refractivity contribution in [1.82, 2.24) is 9.97 Å². The smallest absolute Gasteiger partial charge is 0.306 e. The van der Waals surface area contributed by atoms with E-state index in [9.17, 15) is 13.2 Å². The number of hydrogen-bond acceptors (Lipinski definition) is 6. The van der Waals surface area contributed by atoms with Gasteiger partial charge in [0.25, 0.3) is 0 Å². The molecule has 2 aromatic carbocycles. The van der Waals surface area contributed by atoms with Crippen LogP contribution in [0.4, 0.5) is 5.69 Å². The van der Waals surface area contributed by atoms with Gasteiger partial charge in [-0.1, -0.05) is 6.92 Å². The molecule has 28 heavy (non-hydrogen) atoms. The molecule has 0 radical (unpaired) electrons. The van der Waals surface area contributed by atoms with E-state index >= 15 is 0 Å². The first-order valence-corrected chi connectivity index (χ1v) is 10.5. The molecule has 1 amide bonds. The number of anilines is 1. The van der Waals surface area contributed by atoms with Crippen LogP contribution in [0.2, 0.25) is 0 Å². The molecule has 3 aromatic rings. The minimum absolute atomic E-state index is 0.00788. The Hall–Kier alpha value is -3.07. The van der Waals surface area contributed by atoms with Crippen LogP contribution in [0.25, 0.3) is 22.4 Å². The number of rotatable bonds is 5. The number of H-pyrrole nitrogens is 1. The zero-order valence-electron chi connectivity index (χ0n) is 15.6. The summed E-state index contributed by atoms with van der Waals surface area (Å²) >= 11 is 0. The maximum Gasteiger partial charge on any atom is 0.306 e. The second-order valence-electron chi connectivity index (χ2n) is 6.64. The van der Waals surface area contributed by atoms with E-state index in [1.807, 2.05) is 19.1 Å². The number of amides is 1. The average Bonchev–Trinajstić information content (AvgIpc) is 3.16. The Balaban J connectivity index is 1.77. The van der Waals surface area contributed by atoms with Crippen molar-refractivity contribution in [2.45, 2.75) is 19.3 Å². The molecule has 0 aliphatic carbocycles. The van der Waals surface area contributed by atoms with Crippen LogP contribution in [0.3, 0.4) is 0 Å². The molecule has 9 heteroatoms. The summed E-state index contributed by atoms with van der Waals surface area (Å²) < 4.78 is 33.0. The van der Waals surface area contributed by atoms with E-state index in [-0.39, 0.29) is 17.6 Å². The first-order chi connectivity index (χ1) is 13.3. The average molecular weight is 401 g/mol. The Morgan fingerprint density at radius 1 is 1.21 bits per heavy atom. The van der Waals surface area contributed by atoms with Crippen molar-refractivity contribution in [2.75, 3.05) is 18.7 Å². The van der Waals surface area contributed by atoms with Crippen LogP contribution in [0.1, 0.15) is 24.8 Å². The lowest BCUT2D eigenvalue weighted by atomic mass is 9.98. The lowest BCUT2D eigenvalue weighted by Crippen LogP contribution is -2.10. The van der Waals surface area contributed by atoms with Crippen molar-refractivity contribution >= 4 is 32.7 Å². The molecule has 1 aromatic heterocycles. The quantitative estimate of drug-likeness (QED) is 0.636. The van der Waals surface area contributed by atoms with Gasteiger partial charge in [-0.15, -0.1) is 0 Å². The largest absolute Gasteiger partial charge is 0.496 e. The highest BCUT2D eigenvalue weighted by Crippen LogP contribution is 2.38. The second-order valence-corrected chi connectivity index (χ2v) is 8.22. The summed E-state index contributed by atoms with van der Waals surface area (Å²) in [5.74, 6) is 0.995. The van der Waals surface area contributed by atoms with Crippen LogP contribution in [-0.4, -0.2) is 37.7 Å². The molecule has 146 valence electrons. The molecule has 4 rings (SSSR count). The van der Waals surface area contributed by atoms with Crippen molar-refractivity contribution in [3.8, 4) is 22.9 Å². The topological polar surface area (TPSA) is 110 Å². The Morgan fingerprint density at radius 2 is 2.00 bits per heavy atom. The standard InChI is InChI=1S/C19H19N3O5S/c1-4-11-13-8-15-16(9-14(13)22-19(11)23)21-18(20-15)12-6-5-10(7-17(12)26-2)27-28(3,24)25/h5-9,11H,4H2,1-3H3,(H,20,21)(H,22,23). The maximum absolute atomic E-state index is 12.1. The highest BCUT2D eigenvalue weighted by atomic mass is 32.2. The summed E-state index contributed by atoms with van der Waals surface area (Å²) in [5.41, 5.74) is 3.92. The van der Waals surface area contributed by atoms with Crippen LogP contribution >= 0.6 is 0 Å². The first kappa shape index (κ1) is 18.3. The molecule has 0 fully saturated rings. The lowest BCUT2D eigenvalue weighted by Gasteiger charge is -2.09. The van der Waals surface area contributed by atoms with Gasteiger partial charge in [0.15, 0.2) is 0 Å². The number of carbonyl (C=O) groups is 1. The van der Waals surface area contributed by atoms with Gasteiger partial charge in [-0.25, -0.2) is 4.98 Å². The van der Waals surface area contributed by atoms with Gasteiger partial charge < -0.3 is 19.2 Å². The molecule has 1 atom stereocenters. The molecule has 0 bridgehead atoms. The van der Waals surface area contributed by atoms with E-state index in [2.05, 4.69) is 15.3 Å². The Kier molecular flexibility index (Phi) is 4.26. The maximum atomic E-state index is 12.1. The summed E-state index contributed by atoms with van der Waals surface area (Å²) in [7, 11) is -2.14. The number of fused-ring (bicyclic) bond motifs is 2. The Labute approximate surface area is 162 Å². The van der Waals surface area contributed by atoms with Gasteiger partial charge in [-0.2, -0.15) is 8.42 Å². The van der Waals surface area contributed by atoms with Gasteiger partial charge in [0.2, 0.25) is 5.91 Å². The molecular formula is C19H19N3O5S. The number of nitrogens with zero attached hydrogens (tertiary/aromatic N) is 1. The first-order valence-electron chi connectivity index (χ1n) is 8.71. The van der Waals surface area contributed by atoms with Crippen molar-refractivity contribution in [2.24, 2.45) is 0 Å². The summed E-state index contributed by atoms with van der Waals surface area (Å²) in [6.45, 7) is 1.98. The molecule has 1 aliphatic heterocycles. The second kappa shape index (κ2) is 6.52. The fourth-order valence-corrected chi connectivity index (χ4v) is 3.91. The van der Waals surface area contributed by atoms with Gasteiger partial charge in [0, 0.05) is 11.8 Å². The van der Waals surface area contributed by atoms with E-state index < -0.39 is 10.1 Å². The molecule has 0 spiro atoms. The molecule has 0 saturated heterocycles. The zero-order chi connectivity index (χ0) is 20.1. The van der Waals surface area contributed by atoms with Crippen LogP contribution in [0, 0.1) is 0 Å². The van der Waals surface area contributed by atoms with E-state index in [0.29, 0.717) is 17.1 Å². The minimum atomic E-state index is -3.63. The molecule has 1 aliphatic rings. The van der Waals surface area contributed by atoms with E-state index in [0.717, 1.165) is 35.0 Å². The number of imidazole rings is 1. The number of benzene rings is 2. The summed E-state index contributed by atoms with van der Waals surface area (Å²) in [6, 6.07) is 8.52. The van der Waals surface area contributed by atoms with E-state index in [1.54, 1.807) is 12.1 Å². The van der Waals surface area contributed by atoms with Crippen molar-refractivity contribution < 1.29 is 22.1 Å². The summed E-state index contributed by atoms with van der Waals surface area (Å²) in [6.07, 6.45) is 1.70. The molecule has 8 nitrogen and oxygen atoms in total. The predicted octanol–water partition coefficient (Wildman–Crippen LogP) is 3.02. The predicted molar refractivity (Wildman–Crippen MR) is 105 cm³/mol. The normalized spacial score (nSPS) is 16.1. The van der Waals surface area contributed by atoms with Gasteiger partial charge in [0.1, 0.15) is 17.3 Å².